The molecule has 0 spiro atoms. The molecule has 2 atom stereocenters. The minimum atomic E-state index is 0.0380. The van der Waals surface area contributed by atoms with E-state index in [1.807, 2.05) is 6.92 Å². The first kappa shape index (κ1) is 9.97. The Bertz CT molecular complexity index is 211. The second kappa shape index (κ2) is 4.30. The number of hydrogen-bond acceptors (Lipinski definition) is 3. The van der Waals surface area contributed by atoms with Crippen LogP contribution in [0.4, 0.5) is 0 Å². The molecule has 3 nitrogen and oxygen atoms in total. The topological polar surface area (TPSA) is 38.3 Å². The molecule has 2 rings (SSSR count). The van der Waals surface area contributed by atoms with Gasteiger partial charge in [0.15, 0.2) is 0 Å². The Morgan fingerprint density at radius 3 is 2.79 bits per heavy atom. The van der Waals surface area contributed by atoms with Crippen molar-refractivity contribution in [3.05, 3.63) is 0 Å². The molecule has 0 radical (unpaired) electrons. The highest BCUT2D eigenvalue weighted by molar-refractivity contribution is 5.75. The third-order valence-corrected chi connectivity index (χ3v) is 3.42. The van der Waals surface area contributed by atoms with Crippen molar-refractivity contribution in [2.45, 2.75) is 26.2 Å². The highest BCUT2D eigenvalue weighted by atomic mass is 16.5. The lowest BCUT2D eigenvalue weighted by atomic mass is 9.92. The van der Waals surface area contributed by atoms with E-state index in [1.54, 1.807) is 0 Å². The average molecular weight is 197 g/mol. The van der Waals surface area contributed by atoms with Crippen LogP contribution in [0.5, 0.6) is 0 Å². The van der Waals surface area contributed by atoms with E-state index in [2.05, 4.69) is 5.32 Å². The van der Waals surface area contributed by atoms with Gasteiger partial charge in [-0.1, -0.05) is 0 Å². The summed E-state index contributed by atoms with van der Waals surface area (Å²) in [5.74, 6) is 1.68. The number of nitrogens with one attached hydrogen (secondary N) is 1. The van der Waals surface area contributed by atoms with Crippen LogP contribution in [0.1, 0.15) is 26.2 Å². The summed E-state index contributed by atoms with van der Waals surface area (Å²) >= 11 is 0. The van der Waals surface area contributed by atoms with Crippen molar-refractivity contribution in [2.24, 2.45) is 17.8 Å². The van der Waals surface area contributed by atoms with Gasteiger partial charge in [0.1, 0.15) is 0 Å². The highest BCUT2D eigenvalue weighted by Crippen LogP contribution is 2.47. The van der Waals surface area contributed by atoms with Crippen LogP contribution in [-0.2, 0) is 9.53 Å². The lowest BCUT2D eigenvalue weighted by Gasteiger charge is -2.22. The molecular weight excluding hydrogens is 178 g/mol. The van der Waals surface area contributed by atoms with Crippen molar-refractivity contribution in [3.63, 3.8) is 0 Å². The van der Waals surface area contributed by atoms with Gasteiger partial charge in [0.05, 0.1) is 12.5 Å². The van der Waals surface area contributed by atoms with Crippen molar-refractivity contribution in [2.75, 3.05) is 19.7 Å². The molecule has 14 heavy (non-hydrogen) atoms. The number of piperidine rings is 1. The Labute approximate surface area is 85.2 Å². The van der Waals surface area contributed by atoms with Crippen LogP contribution in [0.3, 0.4) is 0 Å². The Hall–Kier alpha value is -0.570. The monoisotopic (exact) mass is 197 g/mol. The Morgan fingerprint density at radius 2 is 2.14 bits per heavy atom. The van der Waals surface area contributed by atoms with Crippen LogP contribution in [-0.4, -0.2) is 25.7 Å². The van der Waals surface area contributed by atoms with Crippen LogP contribution >= 0.6 is 0 Å². The van der Waals surface area contributed by atoms with Crippen LogP contribution < -0.4 is 5.32 Å². The van der Waals surface area contributed by atoms with Crippen molar-refractivity contribution in [3.8, 4) is 0 Å². The van der Waals surface area contributed by atoms with Crippen LogP contribution in [0.15, 0.2) is 0 Å². The maximum atomic E-state index is 11.4. The molecule has 1 heterocycles. The number of rotatable bonds is 3. The predicted octanol–water partition coefficient (Wildman–Crippen LogP) is 1.19. The van der Waals surface area contributed by atoms with E-state index < -0.39 is 0 Å². The number of carbonyl (C=O) groups is 1. The first-order valence-electron chi connectivity index (χ1n) is 5.70. The van der Waals surface area contributed by atoms with E-state index in [1.165, 1.54) is 12.8 Å². The molecule has 0 amide bonds. The molecule has 1 N–H and O–H groups in total. The highest BCUT2D eigenvalue weighted by Gasteiger charge is 2.48. The molecule has 0 bridgehead atoms. The van der Waals surface area contributed by atoms with Crippen molar-refractivity contribution >= 4 is 5.97 Å². The van der Waals surface area contributed by atoms with Gasteiger partial charge < -0.3 is 10.1 Å². The van der Waals surface area contributed by atoms with Gasteiger partial charge >= 0.3 is 5.97 Å². The molecule has 0 aromatic rings. The summed E-state index contributed by atoms with van der Waals surface area (Å²) in [6, 6.07) is 0. The lowest BCUT2D eigenvalue weighted by molar-refractivity contribution is -0.145. The van der Waals surface area contributed by atoms with Crippen LogP contribution in [0.2, 0.25) is 0 Å². The Kier molecular flexibility index (Phi) is 3.06. The zero-order valence-electron chi connectivity index (χ0n) is 8.79. The molecular formula is C11H19NO2. The zero-order chi connectivity index (χ0) is 9.97. The molecule has 0 aromatic heterocycles. The summed E-state index contributed by atoms with van der Waals surface area (Å²) in [7, 11) is 0. The average Bonchev–Trinajstić information content (AvgIpc) is 2.99. The van der Waals surface area contributed by atoms with Gasteiger partial charge in [0.2, 0.25) is 0 Å². The SMILES string of the molecule is CCOC(=O)C1CC1C1CCNCC1. The fourth-order valence-corrected chi connectivity index (χ4v) is 2.53. The van der Waals surface area contributed by atoms with E-state index >= 15 is 0 Å². The predicted molar refractivity (Wildman–Crippen MR) is 53.8 cm³/mol. The second-order valence-corrected chi connectivity index (χ2v) is 4.35. The zero-order valence-corrected chi connectivity index (χ0v) is 8.79. The maximum Gasteiger partial charge on any atom is 0.309 e. The van der Waals surface area contributed by atoms with Gasteiger partial charge in [-0.15, -0.1) is 0 Å². The van der Waals surface area contributed by atoms with Gasteiger partial charge in [0.25, 0.3) is 0 Å². The summed E-state index contributed by atoms with van der Waals surface area (Å²) in [5, 5.41) is 3.35. The largest absolute Gasteiger partial charge is 0.466 e. The summed E-state index contributed by atoms with van der Waals surface area (Å²) < 4.78 is 5.03. The van der Waals surface area contributed by atoms with E-state index in [4.69, 9.17) is 4.74 Å². The molecule has 1 saturated heterocycles. The fourth-order valence-electron chi connectivity index (χ4n) is 2.53. The third-order valence-electron chi connectivity index (χ3n) is 3.42. The van der Waals surface area contributed by atoms with E-state index in [-0.39, 0.29) is 11.9 Å². The second-order valence-electron chi connectivity index (χ2n) is 4.35. The van der Waals surface area contributed by atoms with Crippen molar-refractivity contribution in [1.29, 1.82) is 0 Å². The summed E-state index contributed by atoms with van der Waals surface area (Å²) in [5.41, 5.74) is 0. The van der Waals surface area contributed by atoms with Gasteiger partial charge in [-0.25, -0.2) is 0 Å². The number of hydrogen-bond donors (Lipinski definition) is 1. The maximum absolute atomic E-state index is 11.4. The van der Waals surface area contributed by atoms with Gasteiger partial charge in [0, 0.05) is 0 Å². The number of esters is 1. The quantitative estimate of drug-likeness (QED) is 0.691. The van der Waals surface area contributed by atoms with Crippen LogP contribution in [0.25, 0.3) is 0 Å². The molecule has 3 heteroatoms. The van der Waals surface area contributed by atoms with Gasteiger partial charge in [-0.2, -0.15) is 0 Å². The standard InChI is InChI=1S/C11H19NO2/c1-2-14-11(13)10-7-9(10)8-3-5-12-6-4-8/h8-10,12H,2-7H2,1H3. The smallest absolute Gasteiger partial charge is 0.309 e. The molecule has 1 aliphatic heterocycles. The summed E-state index contributed by atoms with van der Waals surface area (Å²) in [4.78, 5) is 11.4. The minimum Gasteiger partial charge on any atom is -0.466 e. The fraction of sp³-hybridized carbons (Fsp3) is 0.909. The van der Waals surface area contributed by atoms with E-state index in [0.717, 1.165) is 25.4 Å². The van der Waals surface area contributed by atoms with Crippen molar-refractivity contribution in [1.82, 2.24) is 5.32 Å². The molecule has 80 valence electrons. The molecule has 2 unspecified atom stereocenters. The minimum absolute atomic E-state index is 0.0380. The first-order chi connectivity index (χ1) is 6.83. The number of carbonyl (C=O) groups excluding carboxylic acids is 1. The molecule has 1 saturated carbocycles. The molecule has 0 aromatic carbocycles. The lowest BCUT2D eigenvalue weighted by Crippen LogP contribution is -2.29. The van der Waals surface area contributed by atoms with Gasteiger partial charge in [-0.05, 0) is 51.1 Å². The molecule has 2 aliphatic rings. The molecule has 2 fully saturated rings. The summed E-state index contributed by atoms with van der Waals surface area (Å²) in [6.45, 7) is 4.64. The van der Waals surface area contributed by atoms with Crippen molar-refractivity contribution < 1.29 is 9.53 Å². The molecule has 1 aliphatic carbocycles. The Morgan fingerprint density at radius 1 is 1.43 bits per heavy atom. The number of ether oxygens (including phenoxy) is 1. The third kappa shape index (κ3) is 2.08. The van der Waals surface area contributed by atoms with Crippen LogP contribution in [0, 0.1) is 17.8 Å². The van der Waals surface area contributed by atoms with E-state index in [9.17, 15) is 4.79 Å². The van der Waals surface area contributed by atoms with Gasteiger partial charge in [-0.3, -0.25) is 4.79 Å². The Balaban J connectivity index is 1.77. The van der Waals surface area contributed by atoms with E-state index in [0.29, 0.717) is 12.5 Å². The summed E-state index contributed by atoms with van der Waals surface area (Å²) in [6.07, 6.45) is 3.55. The first-order valence-corrected chi connectivity index (χ1v) is 5.70. The normalized spacial score (nSPS) is 32.6.